The van der Waals surface area contributed by atoms with E-state index < -0.39 is 0 Å². The zero-order valence-electron chi connectivity index (χ0n) is 15.6. The number of pyridine rings is 1. The van der Waals surface area contributed by atoms with Gasteiger partial charge in [0, 0.05) is 41.0 Å². The second-order valence-electron chi connectivity index (χ2n) is 6.22. The van der Waals surface area contributed by atoms with Gasteiger partial charge in [-0.05, 0) is 35.9 Å². The molecule has 7 heteroatoms. The summed E-state index contributed by atoms with van der Waals surface area (Å²) in [6, 6.07) is 20.2. The lowest BCUT2D eigenvalue weighted by Crippen LogP contribution is -2.27. The largest absolute Gasteiger partial charge is 0.473 e. The van der Waals surface area contributed by atoms with Gasteiger partial charge in [0.25, 0.3) is 5.91 Å². The molecule has 0 bridgehead atoms. The van der Waals surface area contributed by atoms with E-state index in [0.717, 1.165) is 10.0 Å². The smallest absolute Gasteiger partial charge is 0.251 e. The molecule has 0 radical (unpaired) electrons. The molecular formula is C22H20BrN3O3. The highest BCUT2D eigenvalue weighted by Crippen LogP contribution is 2.14. The van der Waals surface area contributed by atoms with Crippen LogP contribution >= 0.6 is 15.9 Å². The average Bonchev–Trinajstić information content (AvgIpc) is 2.75. The van der Waals surface area contributed by atoms with Crippen molar-refractivity contribution in [1.82, 2.24) is 10.3 Å². The van der Waals surface area contributed by atoms with Crippen molar-refractivity contribution in [3.63, 3.8) is 0 Å². The third-order valence-electron chi connectivity index (χ3n) is 3.99. The third-order valence-corrected chi connectivity index (χ3v) is 4.52. The Kier molecular flexibility index (Phi) is 7.35. The predicted octanol–water partition coefficient (Wildman–Crippen LogP) is 4.18. The number of hydrogen-bond donors (Lipinski definition) is 2. The monoisotopic (exact) mass is 453 g/mol. The third kappa shape index (κ3) is 6.73. The van der Waals surface area contributed by atoms with E-state index in [2.05, 4.69) is 31.5 Å². The van der Waals surface area contributed by atoms with Crippen molar-refractivity contribution in [2.75, 3.05) is 11.9 Å². The van der Waals surface area contributed by atoms with E-state index >= 15 is 0 Å². The van der Waals surface area contributed by atoms with Gasteiger partial charge in [0.1, 0.15) is 6.61 Å². The van der Waals surface area contributed by atoms with Gasteiger partial charge in [-0.1, -0.05) is 46.3 Å². The summed E-state index contributed by atoms with van der Waals surface area (Å²) in [5.74, 6) is -0.0860. The molecule has 0 atom stereocenters. The van der Waals surface area contributed by atoms with Crippen LogP contribution in [-0.2, 0) is 11.4 Å². The number of amides is 2. The fourth-order valence-corrected chi connectivity index (χ4v) is 2.77. The Morgan fingerprint density at radius 3 is 2.52 bits per heavy atom. The van der Waals surface area contributed by atoms with Gasteiger partial charge in [0.05, 0.1) is 0 Å². The van der Waals surface area contributed by atoms with Crippen LogP contribution in [0.15, 0.2) is 77.4 Å². The van der Waals surface area contributed by atoms with Gasteiger partial charge in [0.15, 0.2) is 0 Å². The van der Waals surface area contributed by atoms with Gasteiger partial charge in [-0.15, -0.1) is 0 Å². The van der Waals surface area contributed by atoms with Crippen molar-refractivity contribution in [1.29, 1.82) is 0 Å². The molecule has 0 spiro atoms. The van der Waals surface area contributed by atoms with E-state index in [4.69, 9.17) is 4.74 Å². The molecule has 6 nitrogen and oxygen atoms in total. The summed E-state index contributed by atoms with van der Waals surface area (Å²) in [5, 5.41) is 5.52. The zero-order chi connectivity index (χ0) is 20.5. The molecule has 0 saturated carbocycles. The molecule has 2 aromatic carbocycles. The molecule has 0 unspecified atom stereocenters. The highest BCUT2D eigenvalue weighted by molar-refractivity contribution is 9.10. The molecule has 0 saturated heterocycles. The van der Waals surface area contributed by atoms with E-state index in [1.54, 1.807) is 24.3 Å². The van der Waals surface area contributed by atoms with E-state index in [0.29, 0.717) is 23.7 Å². The number of carbonyl (C=O) groups is 2. The minimum Gasteiger partial charge on any atom is -0.473 e. The molecule has 0 fully saturated rings. The quantitative estimate of drug-likeness (QED) is 0.535. The Morgan fingerprint density at radius 1 is 1.00 bits per heavy atom. The number of hydrogen-bond acceptors (Lipinski definition) is 4. The highest BCUT2D eigenvalue weighted by Gasteiger charge is 2.09. The van der Waals surface area contributed by atoms with Crippen LogP contribution in [0.3, 0.4) is 0 Å². The van der Waals surface area contributed by atoms with Crippen LogP contribution in [0.4, 0.5) is 5.69 Å². The first-order valence-corrected chi connectivity index (χ1v) is 9.86. The van der Waals surface area contributed by atoms with Crippen molar-refractivity contribution in [3.8, 4) is 5.88 Å². The fourth-order valence-electron chi connectivity index (χ4n) is 2.51. The molecule has 3 rings (SSSR count). The molecule has 3 aromatic rings. The van der Waals surface area contributed by atoms with Crippen molar-refractivity contribution in [2.45, 2.75) is 13.0 Å². The topological polar surface area (TPSA) is 80.3 Å². The number of nitrogens with one attached hydrogen (secondary N) is 2. The van der Waals surface area contributed by atoms with Crippen LogP contribution in [-0.4, -0.2) is 23.3 Å². The maximum atomic E-state index is 12.3. The first-order valence-electron chi connectivity index (χ1n) is 9.06. The van der Waals surface area contributed by atoms with Crippen molar-refractivity contribution in [2.24, 2.45) is 0 Å². The Labute approximate surface area is 177 Å². The van der Waals surface area contributed by atoms with Crippen LogP contribution in [0.2, 0.25) is 0 Å². The molecule has 29 heavy (non-hydrogen) atoms. The van der Waals surface area contributed by atoms with Crippen LogP contribution in [0.1, 0.15) is 22.3 Å². The predicted molar refractivity (Wildman–Crippen MR) is 115 cm³/mol. The zero-order valence-corrected chi connectivity index (χ0v) is 17.2. The summed E-state index contributed by atoms with van der Waals surface area (Å²) in [7, 11) is 0. The maximum absolute atomic E-state index is 12.3. The van der Waals surface area contributed by atoms with E-state index in [1.165, 1.54) is 6.20 Å². The minimum absolute atomic E-state index is 0.171. The Morgan fingerprint density at radius 2 is 1.76 bits per heavy atom. The lowest BCUT2D eigenvalue weighted by molar-refractivity contribution is -0.116. The first kappa shape index (κ1) is 20.5. The molecule has 2 N–H and O–H groups in total. The molecule has 148 valence electrons. The van der Waals surface area contributed by atoms with Crippen molar-refractivity contribution in [3.05, 3.63) is 88.5 Å². The van der Waals surface area contributed by atoms with Crippen LogP contribution in [0, 0.1) is 0 Å². The Balaban J connectivity index is 1.45. The van der Waals surface area contributed by atoms with E-state index in [1.807, 2.05) is 42.5 Å². The minimum atomic E-state index is -0.284. The van der Waals surface area contributed by atoms with E-state index in [-0.39, 0.29) is 24.8 Å². The van der Waals surface area contributed by atoms with Crippen LogP contribution in [0.5, 0.6) is 5.88 Å². The van der Waals surface area contributed by atoms with Crippen LogP contribution in [0.25, 0.3) is 0 Å². The lowest BCUT2D eigenvalue weighted by atomic mass is 10.2. The Bertz CT molecular complexity index is 963. The number of benzene rings is 2. The summed E-state index contributed by atoms with van der Waals surface area (Å²) >= 11 is 3.34. The molecule has 2 amide bonds. The number of halogens is 1. The molecule has 0 aliphatic carbocycles. The molecule has 1 aromatic heterocycles. The van der Waals surface area contributed by atoms with Crippen molar-refractivity contribution >= 4 is 33.4 Å². The number of anilines is 1. The van der Waals surface area contributed by atoms with E-state index in [9.17, 15) is 9.59 Å². The number of carbonyl (C=O) groups excluding carboxylic acids is 2. The van der Waals surface area contributed by atoms with Gasteiger partial charge in [0.2, 0.25) is 11.8 Å². The number of rotatable bonds is 8. The average molecular weight is 454 g/mol. The van der Waals surface area contributed by atoms with Gasteiger partial charge >= 0.3 is 0 Å². The SMILES string of the molecule is O=C(CCNC(=O)c1ccnc(OCc2ccccc2)c1)Nc1ccc(Br)cc1. The first-order chi connectivity index (χ1) is 14.1. The van der Waals surface area contributed by atoms with Gasteiger partial charge in [-0.3, -0.25) is 9.59 Å². The summed E-state index contributed by atoms with van der Waals surface area (Å²) < 4.78 is 6.58. The number of nitrogens with zero attached hydrogens (tertiary/aromatic N) is 1. The summed E-state index contributed by atoms with van der Waals surface area (Å²) in [6.45, 7) is 0.596. The molecule has 1 heterocycles. The maximum Gasteiger partial charge on any atom is 0.251 e. The van der Waals surface area contributed by atoms with Crippen molar-refractivity contribution < 1.29 is 14.3 Å². The summed E-state index contributed by atoms with van der Waals surface area (Å²) in [5.41, 5.74) is 2.15. The highest BCUT2D eigenvalue weighted by atomic mass is 79.9. The molecular weight excluding hydrogens is 434 g/mol. The Hall–Kier alpha value is -3.19. The van der Waals surface area contributed by atoms with Gasteiger partial charge in [-0.2, -0.15) is 0 Å². The second kappa shape index (κ2) is 10.4. The number of aromatic nitrogens is 1. The second-order valence-corrected chi connectivity index (χ2v) is 7.13. The van der Waals surface area contributed by atoms with Crippen LogP contribution < -0.4 is 15.4 Å². The van der Waals surface area contributed by atoms with Gasteiger partial charge in [-0.25, -0.2) is 4.98 Å². The normalized spacial score (nSPS) is 10.2. The lowest BCUT2D eigenvalue weighted by Gasteiger charge is -2.09. The summed E-state index contributed by atoms with van der Waals surface area (Å²) in [6.07, 6.45) is 1.69. The molecule has 0 aliphatic rings. The standard InChI is InChI=1S/C22H20BrN3O3/c23-18-6-8-19(9-7-18)26-20(27)11-13-25-22(28)17-10-12-24-21(14-17)29-15-16-4-2-1-3-5-16/h1-10,12,14H,11,13,15H2,(H,25,28)(H,26,27). The van der Waals surface area contributed by atoms with Gasteiger partial charge < -0.3 is 15.4 Å². The molecule has 0 aliphatic heterocycles. The number of ether oxygens (including phenoxy) is 1. The fraction of sp³-hybridized carbons (Fsp3) is 0.136. The summed E-state index contributed by atoms with van der Waals surface area (Å²) in [4.78, 5) is 28.4.